The van der Waals surface area contributed by atoms with Gasteiger partial charge in [0.2, 0.25) is 0 Å². The average molecular weight is 524 g/mol. The Balaban J connectivity index is 1.46. The van der Waals surface area contributed by atoms with Crippen molar-refractivity contribution in [1.29, 1.82) is 0 Å². The maximum absolute atomic E-state index is 13.0. The normalized spacial score (nSPS) is 14.1. The van der Waals surface area contributed by atoms with Crippen molar-refractivity contribution in [2.75, 3.05) is 19.0 Å². The number of methoxy groups -OCH3 is 1. The summed E-state index contributed by atoms with van der Waals surface area (Å²) >= 11 is 6.39. The number of aryl methyl sites for hydroxylation is 1. The van der Waals surface area contributed by atoms with Gasteiger partial charge in [-0.3, -0.25) is 14.5 Å². The molecule has 2 N–H and O–H groups in total. The molecule has 8 nitrogen and oxygen atoms in total. The van der Waals surface area contributed by atoms with E-state index in [1.54, 1.807) is 6.07 Å². The molecule has 3 aromatic carbocycles. The molecule has 3 aromatic rings. The Labute approximate surface area is 217 Å². The highest BCUT2D eigenvalue weighted by Crippen LogP contribution is 2.37. The molecule has 0 spiro atoms. The van der Waals surface area contributed by atoms with E-state index in [1.165, 1.54) is 43.5 Å². The van der Waals surface area contributed by atoms with Crippen molar-refractivity contribution in [3.8, 4) is 11.5 Å². The van der Waals surface area contributed by atoms with E-state index >= 15 is 0 Å². The SMILES string of the molecule is COc1cc(/C=C2/NC(=O)N(Cc3cccc(C)c3)C2=O)cc(Cl)c1OCC(=O)Nc1ccc(F)cc1. The first-order valence-corrected chi connectivity index (χ1v) is 11.6. The van der Waals surface area contributed by atoms with Gasteiger partial charge in [-0.05, 0) is 60.5 Å². The number of carbonyl (C=O) groups excluding carboxylic acids is 3. The second kappa shape index (κ2) is 11.1. The number of halogens is 2. The molecule has 190 valence electrons. The summed E-state index contributed by atoms with van der Waals surface area (Å²) in [6.45, 7) is 1.69. The highest BCUT2D eigenvalue weighted by Gasteiger charge is 2.33. The van der Waals surface area contributed by atoms with Crippen LogP contribution < -0.4 is 20.1 Å². The molecular formula is C27H23ClFN3O5. The van der Waals surface area contributed by atoms with E-state index in [0.717, 1.165) is 16.0 Å². The second-order valence-electron chi connectivity index (χ2n) is 8.25. The molecule has 1 aliphatic rings. The summed E-state index contributed by atoms with van der Waals surface area (Å²) < 4.78 is 24.0. The zero-order valence-electron chi connectivity index (χ0n) is 20.0. The lowest BCUT2D eigenvalue weighted by atomic mass is 10.1. The average Bonchev–Trinajstić information content (AvgIpc) is 3.11. The molecule has 0 unspecified atom stereocenters. The third-order valence-corrected chi connectivity index (χ3v) is 5.70. The monoisotopic (exact) mass is 523 g/mol. The molecule has 4 amide bonds. The Hall–Kier alpha value is -4.37. The van der Waals surface area contributed by atoms with Crippen LogP contribution in [-0.2, 0) is 16.1 Å². The fraction of sp³-hybridized carbons (Fsp3) is 0.148. The summed E-state index contributed by atoms with van der Waals surface area (Å²) in [4.78, 5) is 38.7. The number of nitrogens with one attached hydrogen (secondary N) is 2. The third-order valence-electron chi connectivity index (χ3n) is 5.42. The first-order valence-electron chi connectivity index (χ1n) is 11.2. The smallest absolute Gasteiger partial charge is 0.329 e. The molecule has 0 atom stereocenters. The van der Waals surface area contributed by atoms with Gasteiger partial charge in [0.05, 0.1) is 18.7 Å². The van der Waals surface area contributed by atoms with Crippen LogP contribution in [0.4, 0.5) is 14.9 Å². The number of rotatable bonds is 8. The maximum Gasteiger partial charge on any atom is 0.329 e. The van der Waals surface area contributed by atoms with Gasteiger partial charge in [0.25, 0.3) is 11.8 Å². The Morgan fingerprint density at radius 3 is 2.59 bits per heavy atom. The molecule has 0 bridgehead atoms. The number of amides is 4. The number of carbonyl (C=O) groups is 3. The largest absolute Gasteiger partial charge is 0.493 e. The lowest BCUT2D eigenvalue weighted by molar-refractivity contribution is -0.123. The molecule has 0 aliphatic carbocycles. The summed E-state index contributed by atoms with van der Waals surface area (Å²) in [6.07, 6.45) is 1.48. The van der Waals surface area contributed by atoms with Crippen molar-refractivity contribution in [2.45, 2.75) is 13.5 Å². The number of hydrogen-bond donors (Lipinski definition) is 2. The molecule has 37 heavy (non-hydrogen) atoms. The van der Waals surface area contributed by atoms with E-state index in [9.17, 15) is 18.8 Å². The minimum absolute atomic E-state index is 0.0862. The van der Waals surface area contributed by atoms with Crippen molar-refractivity contribution >= 4 is 41.2 Å². The number of benzene rings is 3. The number of nitrogens with zero attached hydrogens (tertiary/aromatic N) is 1. The van der Waals surface area contributed by atoms with Crippen LogP contribution in [0.25, 0.3) is 6.08 Å². The topological polar surface area (TPSA) is 97.0 Å². The van der Waals surface area contributed by atoms with Crippen molar-refractivity contribution < 1.29 is 28.2 Å². The number of ether oxygens (including phenoxy) is 2. The van der Waals surface area contributed by atoms with E-state index in [1.807, 2.05) is 31.2 Å². The summed E-state index contributed by atoms with van der Waals surface area (Å²) in [6, 6.07) is 15.4. The van der Waals surface area contributed by atoms with Crippen LogP contribution in [0.5, 0.6) is 11.5 Å². The van der Waals surface area contributed by atoms with Crippen molar-refractivity contribution in [1.82, 2.24) is 10.2 Å². The Kier molecular flexibility index (Phi) is 7.74. The van der Waals surface area contributed by atoms with Crippen molar-refractivity contribution in [2.24, 2.45) is 0 Å². The van der Waals surface area contributed by atoms with E-state index in [0.29, 0.717) is 11.3 Å². The molecule has 1 saturated heterocycles. The van der Waals surface area contributed by atoms with Gasteiger partial charge in [-0.25, -0.2) is 9.18 Å². The van der Waals surface area contributed by atoms with Gasteiger partial charge in [0.15, 0.2) is 18.1 Å². The van der Waals surface area contributed by atoms with Gasteiger partial charge in [-0.15, -0.1) is 0 Å². The van der Waals surface area contributed by atoms with Crippen molar-refractivity contribution in [3.63, 3.8) is 0 Å². The Morgan fingerprint density at radius 1 is 1.14 bits per heavy atom. The zero-order chi connectivity index (χ0) is 26.5. The molecule has 0 saturated carbocycles. The van der Waals surface area contributed by atoms with Gasteiger partial charge in [0.1, 0.15) is 11.5 Å². The van der Waals surface area contributed by atoms with E-state index < -0.39 is 23.7 Å². The van der Waals surface area contributed by atoms with E-state index in [4.69, 9.17) is 21.1 Å². The molecular weight excluding hydrogens is 501 g/mol. The lowest BCUT2D eigenvalue weighted by Gasteiger charge is -2.14. The highest BCUT2D eigenvalue weighted by atomic mass is 35.5. The summed E-state index contributed by atoms with van der Waals surface area (Å²) in [5.74, 6) is -1.02. The van der Waals surface area contributed by atoms with Gasteiger partial charge in [0, 0.05) is 5.69 Å². The Morgan fingerprint density at radius 2 is 1.89 bits per heavy atom. The van der Waals surface area contributed by atoms with Crippen LogP contribution in [-0.4, -0.2) is 36.5 Å². The molecule has 0 radical (unpaired) electrons. The molecule has 1 aliphatic heterocycles. The molecule has 0 aromatic heterocycles. The first kappa shape index (κ1) is 25.7. The summed E-state index contributed by atoms with van der Waals surface area (Å²) in [7, 11) is 1.40. The summed E-state index contributed by atoms with van der Waals surface area (Å²) in [5, 5.41) is 5.30. The maximum atomic E-state index is 13.0. The van der Waals surface area contributed by atoms with Gasteiger partial charge in [-0.2, -0.15) is 0 Å². The molecule has 4 rings (SSSR count). The number of urea groups is 1. The van der Waals surface area contributed by atoms with Crippen LogP contribution in [0, 0.1) is 12.7 Å². The van der Waals surface area contributed by atoms with Crippen LogP contribution in [0.2, 0.25) is 5.02 Å². The number of anilines is 1. The van der Waals surface area contributed by atoms with Gasteiger partial charge >= 0.3 is 6.03 Å². The fourth-order valence-corrected chi connectivity index (χ4v) is 3.98. The Bertz CT molecular complexity index is 1390. The number of hydrogen-bond acceptors (Lipinski definition) is 5. The van der Waals surface area contributed by atoms with Gasteiger partial charge in [-0.1, -0.05) is 41.4 Å². The lowest BCUT2D eigenvalue weighted by Crippen LogP contribution is -2.30. The molecule has 10 heteroatoms. The van der Waals surface area contributed by atoms with Crippen LogP contribution in [0.1, 0.15) is 16.7 Å². The van der Waals surface area contributed by atoms with Crippen molar-refractivity contribution in [3.05, 3.63) is 93.9 Å². The number of imide groups is 1. The van der Waals surface area contributed by atoms with Crippen LogP contribution >= 0.6 is 11.6 Å². The second-order valence-corrected chi connectivity index (χ2v) is 8.65. The predicted molar refractivity (Wildman–Crippen MR) is 137 cm³/mol. The molecule has 1 heterocycles. The van der Waals surface area contributed by atoms with Gasteiger partial charge < -0.3 is 20.1 Å². The van der Waals surface area contributed by atoms with Crippen LogP contribution in [0.15, 0.2) is 66.4 Å². The predicted octanol–water partition coefficient (Wildman–Crippen LogP) is 4.91. The van der Waals surface area contributed by atoms with E-state index in [-0.39, 0.29) is 35.4 Å². The van der Waals surface area contributed by atoms with Crippen LogP contribution in [0.3, 0.4) is 0 Å². The highest BCUT2D eigenvalue weighted by molar-refractivity contribution is 6.32. The minimum atomic E-state index is -0.525. The zero-order valence-corrected chi connectivity index (χ0v) is 20.8. The standard InChI is InChI=1S/C27H23ClFN3O5/c1-16-4-3-5-17(10-16)14-32-26(34)22(31-27(32)35)12-18-11-21(28)25(23(13-18)36-2)37-15-24(33)30-20-8-6-19(29)7-9-20/h3-13H,14-15H2,1-2H3,(H,30,33)(H,31,35)/b22-12+. The first-order chi connectivity index (χ1) is 17.7. The fourth-order valence-electron chi connectivity index (χ4n) is 3.71. The summed E-state index contributed by atoms with van der Waals surface area (Å²) in [5.41, 5.74) is 2.83. The third kappa shape index (κ3) is 6.25. The minimum Gasteiger partial charge on any atom is -0.493 e. The molecule has 1 fully saturated rings. The quantitative estimate of drug-likeness (QED) is 0.323. The van der Waals surface area contributed by atoms with E-state index in [2.05, 4.69) is 10.6 Å².